The molecular weight excluding hydrogens is 266 g/mol. The Hall–Kier alpha value is -2.12. The first-order valence-electron chi connectivity index (χ1n) is 6.25. The summed E-state index contributed by atoms with van der Waals surface area (Å²) < 4.78 is 0. The van der Waals surface area contributed by atoms with Gasteiger partial charge in [-0.1, -0.05) is 0 Å². The van der Waals surface area contributed by atoms with Crippen LogP contribution in [-0.4, -0.2) is 64.4 Å². The van der Waals surface area contributed by atoms with E-state index in [4.69, 9.17) is 5.11 Å². The average molecular weight is 285 g/mol. The average Bonchev–Trinajstić information content (AvgIpc) is 2.49. The Bertz CT molecular complexity index is 446. The van der Waals surface area contributed by atoms with Gasteiger partial charge < -0.3 is 15.3 Å². The number of carbonyl (C=O) groups is 4. The molecule has 1 saturated heterocycles. The first-order chi connectivity index (χ1) is 9.15. The van der Waals surface area contributed by atoms with E-state index in [1.165, 1.54) is 7.05 Å². The molecule has 0 bridgehead atoms. The SMILES string of the molecule is CN(CC(=O)O)C(=O)CCCN1C(=O)NC(C)(C)C1=O. The molecule has 4 amide bonds. The minimum Gasteiger partial charge on any atom is -0.480 e. The van der Waals surface area contributed by atoms with Crippen molar-refractivity contribution in [1.29, 1.82) is 0 Å². The summed E-state index contributed by atoms with van der Waals surface area (Å²) in [6.45, 7) is 2.99. The third-order valence-electron chi connectivity index (χ3n) is 3.01. The molecule has 0 radical (unpaired) electrons. The molecule has 0 unspecified atom stereocenters. The Morgan fingerprint density at radius 3 is 2.40 bits per heavy atom. The van der Waals surface area contributed by atoms with Gasteiger partial charge >= 0.3 is 12.0 Å². The van der Waals surface area contributed by atoms with E-state index in [2.05, 4.69) is 5.32 Å². The van der Waals surface area contributed by atoms with Crippen LogP contribution in [0.15, 0.2) is 0 Å². The van der Waals surface area contributed by atoms with E-state index in [1.807, 2.05) is 0 Å². The van der Waals surface area contributed by atoms with Gasteiger partial charge in [-0.15, -0.1) is 0 Å². The van der Waals surface area contributed by atoms with Crippen molar-refractivity contribution in [1.82, 2.24) is 15.1 Å². The predicted molar refractivity (Wildman–Crippen MR) is 68.8 cm³/mol. The fourth-order valence-corrected chi connectivity index (χ4v) is 1.89. The highest BCUT2D eigenvalue weighted by Crippen LogP contribution is 2.17. The van der Waals surface area contributed by atoms with Crippen LogP contribution in [0.2, 0.25) is 0 Å². The number of carboxylic acid groups (broad SMARTS) is 1. The lowest BCUT2D eigenvalue weighted by atomic mass is 10.1. The van der Waals surface area contributed by atoms with Gasteiger partial charge in [-0.3, -0.25) is 19.3 Å². The van der Waals surface area contributed by atoms with Crippen molar-refractivity contribution in [2.45, 2.75) is 32.2 Å². The summed E-state index contributed by atoms with van der Waals surface area (Å²) in [6, 6.07) is -0.466. The molecule has 0 aliphatic carbocycles. The van der Waals surface area contributed by atoms with Crippen LogP contribution in [0.4, 0.5) is 4.79 Å². The lowest BCUT2D eigenvalue weighted by molar-refractivity contribution is -0.143. The summed E-state index contributed by atoms with van der Waals surface area (Å²) in [7, 11) is 1.40. The Kier molecular flexibility index (Phi) is 4.69. The van der Waals surface area contributed by atoms with Gasteiger partial charge in [-0.05, 0) is 20.3 Å². The largest absolute Gasteiger partial charge is 0.480 e. The molecule has 0 aromatic rings. The smallest absolute Gasteiger partial charge is 0.325 e. The van der Waals surface area contributed by atoms with Crippen molar-refractivity contribution in [3.63, 3.8) is 0 Å². The van der Waals surface area contributed by atoms with Crippen molar-refractivity contribution in [2.24, 2.45) is 0 Å². The first-order valence-corrected chi connectivity index (χ1v) is 6.25. The number of carboxylic acids is 1. The number of nitrogens with one attached hydrogen (secondary N) is 1. The van der Waals surface area contributed by atoms with E-state index in [-0.39, 0.29) is 31.3 Å². The van der Waals surface area contributed by atoms with Crippen molar-refractivity contribution in [3.05, 3.63) is 0 Å². The van der Waals surface area contributed by atoms with Crippen LogP contribution in [0.25, 0.3) is 0 Å². The van der Waals surface area contributed by atoms with Gasteiger partial charge in [0.05, 0.1) is 0 Å². The second kappa shape index (κ2) is 5.89. The molecule has 0 aromatic carbocycles. The molecule has 0 aromatic heterocycles. The van der Waals surface area contributed by atoms with Gasteiger partial charge in [-0.2, -0.15) is 0 Å². The second-order valence-corrected chi connectivity index (χ2v) is 5.26. The molecule has 0 atom stereocenters. The number of amides is 4. The van der Waals surface area contributed by atoms with Crippen LogP contribution >= 0.6 is 0 Å². The van der Waals surface area contributed by atoms with Crippen LogP contribution in [-0.2, 0) is 14.4 Å². The number of hydrogen-bond donors (Lipinski definition) is 2. The molecule has 1 fully saturated rings. The number of aliphatic carboxylic acids is 1. The molecular formula is C12H19N3O5. The van der Waals surface area contributed by atoms with Crippen molar-refractivity contribution >= 4 is 23.8 Å². The van der Waals surface area contributed by atoms with E-state index in [0.29, 0.717) is 6.42 Å². The maximum Gasteiger partial charge on any atom is 0.325 e. The monoisotopic (exact) mass is 285 g/mol. The van der Waals surface area contributed by atoms with Crippen LogP contribution in [0.5, 0.6) is 0 Å². The highest BCUT2D eigenvalue weighted by Gasteiger charge is 2.43. The summed E-state index contributed by atoms with van der Waals surface area (Å²) in [6.07, 6.45) is 0.388. The molecule has 1 rings (SSSR count). The van der Waals surface area contributed by atoms with Crippen LogP contribution < -0.4 is 5.32 Å². The Labute approximate surface area is 116 Å². The van der Waals surface area contributed by atoms with Gasteiger partial charge in [0, 0.05) is 20.0 Å². The third-order valence-corrected chi connectivity index (χ3v) is 3.01. The number of likely N-dealkylation sites (N-methyl/N-ethyl adjacent to an activating group) is 1. The van der Waals surface area contributed by atoms with E-state index in [0.717, 1.165) is 9.80 Å². The Morgan fingerprint density at radius 2 is 1.95 bits per heavy atom. The molecule has 20 heavy (non-hydrogen) atoms. The number of nitrogens with zero attached hydrogens (tertiary/aromatic N) is 2. The normalized spacial score (nSPS) is 17.1. The van der Waals surface area contributed by atoms with Gasteiger partial charge in [0.25, 0.3) is 5.91 Å². The molecule has 1 heterocycles. The maximum absolute atomic E-state index is 11.9. The molecule has 0 spiro atoms. The highest BCUT2D eigenvalue weighted by atomic mass is 16.4. The molecule has 8 nitrogen and oxygen atoms in total. The standard InChI is InChI=1S/C12H19N3O5/c1-12(2)10(19)15(11(20)13-12)6-4-5-8(16)14(3)7-9(17)18/h4-7H2,1-3H3,(H,13,20)(H,17,18). The summed E-state index contributed by atoms with van der Waals surface area (Å²) in [4.78, 5) is 47.7. The lowest BCUT2D eigenvalue weighted by Crippen LogP contribution is -2.40. The number of rotatable bonds is 6. The van der Waals surface area contributed by atoms with E-state index in [9.17, 15) is 19.2 Å². The third kappa shape index (κ3) is 3.69. The fraction of sp³-hybridized carbons (Fsp3) is 0.667. The molecule has 2 N–H and O–H groups in total. The zero-order valence-electron chi connectivity index (χ0n) is 11.8. The van der Waals surface area contributed by atoms with Crippen LogP contribution in [0, 0.1) is 0 Å². The summed E-state index contributed by atoms with van der Waals surface area (Å²) in [5.74, 6) is -1.75. The first kappa shape index (κ1) is 15.9. The zero-order chi connectivity index (χ0) is 15.5. The van der Waals surface area contributed by atoms with Crippen LogP contribution in [0.3, 0.4) is 0 Å². The van der Waals surface area contributed by atoms with Gasteiger partial charge in [-0.25, -0.2) is 4.79 Å². The number of urea groups is 1. The lowest BCUT2D eigenvalue weighted by Gasteiger charge is -2.17. The summed E-state index contributed by atoms with van der Waals surface area (Å²) in [5, 5.41) is 11.1. The zero-order valence-corrected chi connectivity index (χ0v) is 11.8. The van der Waals surface area contributed by atoms with Crippen molar-refractivity contribution < 1.29 is 24.3 Å². The Balaban J connectivity index is 2.42. The van der Waals surface area contributed by atoms with E-state index >= 15 is 0 Å². The Morgan fingerprint density at radius 1 is 1.35 bits per heavy atom. The van der Waals surface area contributed by atoms with Gasteiger partial charge in [0.1, 0.15) is 12.1 Å². The van der Waals surface area contributed by atoms with E-state index < -0.39 is 17.5 Å². The molecule has 1 aliphatic rings. The predicted octanol–water partition coefficient (Wildman–Crippen LogP) is -0.360. The molecule has 1 aliphatic heterocycles. The minimum absolute atomic E-state index is 0.0846. The topological polar surface area (TPSA) is 107 Å². The molecule has 8 heteroatoms. The number of carbonyl (C=O) groups excluding carboxylic acids is 3. The second-order valence-electron chi connectivity index (χ2n) is 5.26. The highest BCUT2D eigenvalue weighted by molar-refractivity contribution is 6.06. The quantitative estimate of drug-likeness (QED) is 0.648. The fourth-order valence-electron chi connectivity index (χ4n) is 1.89. The number of hydrogen-bond acceptors (Lipinski definition) is 4. The maximum atomic E-state index is 11.9. The van der Waals surface area contributed by atoms with E-state index in [1.54, 1.807) is 13.8 Å². The van der Waals surface area contributed by atoms with Crippen molar-refractivity contribution in [3.8, 4) is 0 Å². The van der Waals surface area contributed by atoms with Crippen LogP contribution in [0.1, 0.15) is 26.7 Å². The minimum atomic E-state index is -1.09. The summed E-state index contributed by atoms with van der Waals surface area (Å²) in [5.41, 5.74) is -0.915. The van der Waals surface area contributed by atoms with Gasteiger partial charge in [0.15, 0.2) is 0 Å². The number of imide groups is 1. The molecule has 112 valence electrons. The summed E-state index contributed by atoms with van der Waals surface area (Å²) >= 11 is 0. The van der Waals surface area contributed by atoms with Crippen molar-refractivity contribution in [2.75, 3.05) is 20.1 Å². The molecule has 0 saturated carbocycles. The van der Waals surface area contributed by atoms with Gasteiger partial charge in [0.2, 0.25) is 5.91 Å².